The molecule has 10 heteroatoms. The summed E-state index contributed by atoms with van der Waals surface area (Å²) in [6.07, 6.45) is 2.67. The quantitative estimate of drug-likeness (QED) is 0.204. The van der Waals surface area contributed by atoms with Gasteiger partial charge in [-0.15, -0.1) is 23.5 Å². The molecule has 1 amide bonds. The number of carbonyl (C=O) groups excluding carboxylic acids is 1. The number of hydrogen-bond acceptors (Lipinski definition) is 6. The monoisotopic (exact) mass is 564 g/mol. The number of thioether (sulfide) groups is 2. The first-order valence-corrected chi connectivity index (χ1v) is 15.4. The lowest BCUT2D eigenvalue weighted by Gasteiger charge is -2.24. The Bertz CT molecular complexity index is 1220. The van der Waals surface area contributed by atoms with Crippen LogP contribution in [0.15, 0.2) is 87.5 Å². The number of nitrogens with one attached hydrogen (secondary N) is 1. The van der Waals surface area contributed by atoms with Crippen LogP contribution < -0.4 is 14.4 Å². The van der Waals surface area contributed by atoms with Gasteiger partial charge in [0.1, 0.15) is 12.3 Å². The summed E-state index contributed by atoms with van der Waals surface area (Å²) in [6, 6.07) is 20.9. The molecule has 0 atom stereocenters. The van der Waals surface area contributed by atoms with E-state index in [0.29, 0.717) is 29.6 Å². The fraction of sp³-hybridized carbons (Fsp3) is 0.269. The summed E-state index contributed by atoms with van der Waals surface area (Å²) in [4.78, 5) is 15.0. The summed E-state index contributed by atoms with van der Waals surface area (Å²) >= 11 is 9.11. The molecule has 0 heterocycles. The smallest absolute Gasteiger partial charge is 0.264 e. The van der Waals surface area contributed by atoms with Crippen molar-refractivity contribution in [1.29, 1.82) is 0 Å². The highest BCUT2D eigenvalue weighted by molar-refractivity contribution is 7.99. The van der Waals surface area contributed by atoms with Gasteiger partial charge in [0, 0.05) is 21.4 Å². The number of rotatable bonds is 13. The summed E-state index contributed by atoms with van der Waals surface area (Å²) in [5.74, 6) is 1.07. The number of anilines is 1. The van der Waals surface area contributed by atoms with Crippen LogP contribution in [-0.4, -0.2) is 46.0 Å². The van der Waals surface area contributed by atoms with Crippen LogP contribution in [0.3, 0.4) is 0 Å². The predicted octanol–water partition coefficient (Wildman–Crippen LogP) is 5.95. The van der Waals surface area contributed by atoms with Crippen LogP contribution in [0.5, 0.6) is 5.75 Å². The lowest BCUT2D eigenvalue weighted by atomic mass is 10.3. The van der Waals surface area contributed by atoms with Gasteiger partial charge in [-0.1, -0.05) is 11.6 Å². The third kappa shape index (κ3) is 8.09. The van der Waals surface area contributed by atoms with Crippen LogP contribution >= 0.6 is 35.1 Å². The molecule has 0 aliphatic rings. The Morgan fingerprint density at radius 2 is 1.61 bits per heavy atom. The molecule has 6 nitrogen and oxygen atoms in total. The van der Waals surface area contributed by atoms with E-state index >= 15 is 0 Å². The highest BCUT2D eigenvalue weighted by Crippen LogP contribution is 2.27. The number of nitrogens with zero attached hydrogens (tertiary/aromatic N) is 1. The van der Waals surface area contributed by atoms with E-state index < -0.39 is 10.0 Å². The van der Waals surface area contributed by atoms with Crippen molar-refractivity contribution in [1.82, 2.24) is 5.32 Å². The Balaban J connectivity index is 1.67. The van der Waals surface area contributed by atoms with E-state index in [4.69, 9.17) is 16.3 Å². The van der Waals surface area contributed by atoms with Crippen LogP contribution in [0.4, 0.5) is 5.69 Å². The summed E-state index contributed by atoms with van der Waals surface area (Å²) in [5.41, 5.74) is 0.390. The SMILES string of the molecule is CCOc1ccc(N(CC(=O)NCCCSc2ccc(Cl)cc2)S(=O)(=O)c2ccc(SC)cc2)cc1. The molecule has 0 bridgehead atoms. The summed E-state index contributed by atoms with van der Waals surface area (Å²) in [6.45, 7) is 2.49. The Hall–Kier alpha value is -2.33. The van der Waals surface area contributed by atoms with Crippen LogP contribution in [0.2, 0.25) is 5.02 Å². The van der Waals surface area contributed by atoms with Crippen molar-refractivity contribution in [3.05, 3.63) is 77.8 Å². The molecular weight excluding hydrogens is 536 g/mol. The van der Waals surface area contributed by atoms with Gasteiger partial charge < -0.3 is 10.1 Å². The minimum atomic E-state index is -3.97. The molecule has 192 valence electrons. The van der Waals surface area contributed by atoms with E-state index in [1.165, 1.54) is 11.8 Å². The topological polar surface area (TPSA) is 75.7 Å². The highest BCUT2D eigenvalue weighted by Gasteiger charge is 2.27. The summed E-state index contributed by atoms with van der Waals surface area (Å²) < 4.78 is 33.7. The minimum Gasteiger partial charge on any atom is -0.494 e. The molecule has 0 fully saturated rings. The first-order chi connectivity index (χ1) is 17.3. The van der Waals surface area contributed by atoms with Crippen molar-refractivity contribution in [2.75, 3.05) is 36.0 Å². The summed E-state index contributed by atoms with van der Waals surface area (Å²) in [5, 5.41) is 3.54. The lowest BCUT2D eigenvalue weighted by Crippen LogP contribution is -2.41. The molecule has 36 heavy (non-hydrogen) atoms. The maximum Gasteiger partial charge on any atom is 0.264 e. The van der Waals surface area contributed by atoms with Crippen molar-refractivity contribution < 1.29 is 17.9 Å². The van der Waals surface area contributed by atoms with Crippen LogP contribution in [0, 0.1) is 0 Å². The molecule has 0 saturated heterocycles. The first-order valence-electron chi connectivity index (χ1n) is 11.4. The standard InChI is InChI=1S/C26H29ClN2O4S3/c1-3-33-22-9-7-21(8-10-22)29(36(31,32)25-15-13-23(34-2)14-16-25)19-26(30)28-17-4-18-35-24-11-5-20(27)6-12-24/h5-16H,3-4,17-19H2,1-2H3,(H,28,30). The normalized spacial score (nSPS) is 11.2. The minimum absolute atomic E-state index is 0.126. The number of amides is 1. The van der Waals surface area contributed by atoms with Gasteiger partial charge >= 0.3 is 0 Å². The van der Waals surface area contributed by atoms with Crippen molar-refractivity contribution in [2.24, 2.45) is 0 Å². The van der Waals surface area contributed by atoms with Gasteiger partial charge in [0.2, 0.25) is 5.91 Å². The number of carbonyl (C=O) groups is 1. The second-order valence-corrected chi connectivity index (χ2v) is 12.0. The third-order valence-electron chi connectivity index (χ3n) is 5.10. The van der Waals surface area contributed by atoms with Gasteiger partial charge in [0.25, 0.3) is 10.0 Å². The average Bonchev–Trinajstić information content (AvgIpc) is 2.89. The van der Waals surface area contributed by atoms with Gasteiger partial charge in [-0.3, -0.25) is 9.10 Å². The Morgan fingerprint density at radius 1 is 0.972 bits per heavy atom. The van der Waals surface area contributed by atoms with E-state index in [0.717, 1.165) is 26.3 Å². The molecule has 0 saturated carbocycles. The molecule has 1 N–H and O–H groups in total. The molecule has 0 aliphatic carbocycles. The fourth-order valence-corrected chi connectivity index (χ4v) is 6.08. The van der Waals surface area contributed by atoms with Crippen LogP contribution in [0.25, 0.3) is 0 Å². The zero-order chi connectivity index (χ0) is 26.0. The maximum absolute atomic E-state index is 13.5. The van der Waals surface area contributed by atoms with E-state index in [-0.39, 0.29) is 17.3 Å². The van der Waals surface area contributed by atoms with Crippen molar-refractivity contribution in [3.63, 3.8) is 0 Å². The van der Waals surface area contributed by atoms with E-state index in [9.17, 15) is 13.2 Å². The molecule has 0 aliphatic heterocycles. The Morgan fingerprint density at radius 3 is 2.22 bits per heavy atom. The molecule has 3 aromatic rings. The zero-order valence-corrected chi connectivity index (χ0v) is 23.4. The highest BCUT2D eigenvalue weighted by atomic mass is 35.5. The van der Waals surface area contributed by atoms with E-state index in [1.807, 2.05) is 37.4 Å². The fourth-order valence-electron chi connectivity index (χ4n) is 3.27. The molecule has 3 rings (SSSR count). The van der Waals surface area contributed by atoms with Gasteiger partial charge in [-0.2, -0.15) is 0 Å². The number of sulfonamides is 1. The second-order valence-electron chi connectivity index (χ2n) is 7.62. The van der Waals surface area contributed by atoms with Crippen molar-refractivity contribution >= 4 is 56.7 Å². The van der Waals surface area contributed by atoms with Gasteiger partial charge in [0.15, 0.2) is 0 Å². The Labute approximate surface area is 226 Å². The third-order valence-corrected chi connectivity index (χ3v) is 8.98. The number of benzene rings is 3. The molecule has 0 aromatic heterocycles. The largest absolute Gasteiger partial charge is 0.494 e. The van der Waals surface area contributed by atoms with Gasteiger partial charge in [0.05, 0.1) is 17.2 Å². The molecular formula is C26H29ClN2O4S3. The lowest BCUT2D eigenvalue weighted by molar-refractivity contribution is -0.119. The maximum atomic E-state index is 13.5. The molecule has 3 aromatic carbocycles. The van der Waals surface area contributed by atoms with Crippen LogP contribution in [0.1, 0.15) is 13.3 Å². The number of hydrogen-bond donors (Lipinski definition) is 1. The van der Waals surface area contributed by atoms with Crippen LogP contribution in [-0.2, 0) is 14.8 Å². The van der Waals surface area contributed by atoms with Crippen molar-refractivity contribution in [3.8, 4) is 5.75 Å². The second kappa shape index (κ2) is 13.8. The zero-order valence-electron chi connectivity index (χ0n) is 20.1. The Kier molecular flexibility index (Phi) is 10.9. The van der Waals surface area contributed by atoms with Gasteiger partial charge in [-0.05, 0) is 98.1 Å². The molecule has 0 spiro atoms. The number of ether oxygens (including phenoxy) is 1. The van der Waals surface area contributed by atoms with Gasteiger partial charge in [-0.25, -0.2) is 8.42 Å². The number of halogens is 1. The first kappa shape index (κ1) is 28.2. The van der Waals surface area contributed by atoms with E-state index in [1.54, 1.807) is 60.3 Å². The predicted molar refractivity (Wildman–Crippen MR) is 150 cm³/mol. The molecule has 0 unspecified atom stereocenters. The van der Waals surface area contributed by atoms with E-state index in [2.05, 4.69) is 5.32 Å². The summed E-state index contributed by atoms with van der Waals surface area (Å²) in [7, 11) is -3.97. The average molecular weight is 565 g/mol. The molecule has 0 radical (unpaired) electrons. The van der Waals surface area contributed by atoms with Crippen molar-refractivity contribution in [2.45, 2.75) is 28.0 Å².